The summed E-state index contributed by atoms with van der Waals surface area (Å²) in [4.78, 5) is 4.07. The first kappa shape index (κ1) is 10.2. The summed E-state index contributed by atoms with van der Waals surface area (Å²) in [7, 11) is 0. The van der Waals surface area contributed by atoms with Gasteiger partial charge in [0.1, 0.15) is 5.82 Å². The number of hydrogen-bond donors (Lipinski definition) is 0. The van der Waals surface area contributed by atoms with Crippen LogP contribution in [0.25, 0.3) is 0 Å². The zero-order valence-corrected chi connectivity index (χ0v) is 8.61. The highest BCUT2D eigenvalue weighted by Crippen LogP contribution is 2.01. The van der Waals surface area contributed by atoms with Crippen molar-refractivity contribution in [2.75, 3.05) is 0 Å². The molecule has 0 N–H and O–H groups in total. The van der Waals surface area contributed by atoms with Crippen molar-refractivity contribution in [1.29, 1.82) is 0 Å². The lowest BCUT2D eigenvalue weighted by atomic mass is 10.2. The summed E-state index contributed by atoms with van der Waals surface area (Å²) in [6.45, 7) is 1.81. The van der Waals surface area contributed by atoms with Crippen LogP contribution in [-0.4, -0.2) is 15.2 Å². The number of rotatable bonds is 0. The highest BCUT2D eigenvalue weighted by atomic mass is 19.1. The maximum Gasteiger partial charge on any atom is 0.226 e. The molecule has 0 bridgehead atoms. The first-order chi connectivity index (χ1) is 7.74. The third-order valence-corrected chi connectivity index (χ3v) is 1.82. The lowest BCUT2D eigenvalue weighted by Gasteiger charge is -1.91. The number of nitrogens with zero attached hydrogens (tertiary/aromatic N) is 3. The summed E-state index contributed by atoms with van der Waals surface area (Å²) in [6, 6.07) is 6.06. The minimum Gasteiger partial charge on any atom is -0.223 e. The number of benzene rings is 1. The van der Waals surface area contributed by atoms with Gasteiger partial charge in [0.2, 0.25) is 5.82 Å². The minimum atomic E-state index is -0.310. The average molecular weight is 213 g/mol. The Kier molecular flexibility index (Phi) is 2.88. The minimum absolute atomic E-state index is 0.310. The lowest BCUT2D eigenvalue weighted by molar-refractivity contribution is 0.627. The standard InChI is InChI=1S/C12H8FN3/c1-9-8-14-16-12(15-9)6-5-10-3-2-4-11(13)7-10/h2-4,7-8H,1H3. The third kappa shape index (κ3) is 2.61. The van der Waals surface area contributed by atoms with Crippen LogP contribution in [0, 0.1) is 24.6 Å². The molecule has 1 aromatic heterocycles. The summed E-state index contributed by atoms with van der Waals surface area (Å²) in [5.41, 5.74) is 1.34. The quantitative estimate of drug-likeness (QED) is 0.625. The van der Waals surface area contributed by atoms with Crippen LogP contribution in [0.3, 0.4) is 0 Å². The third-order valence-electron chi connectivity index (χ3n) is 1.82. The smallest absolute Gasteiger partial charge is 0.223 e. The summed E-state index contributed by atoms with van der Waals surface area (Å²) in [6.07, 6.45) is 1.55. The van der Waals surface area contributed by atoms with Gasteiger partial charge in [0, 0.05) is 5.56 Å². The molecule has 1 heterocycles. The fraction of sp³-hybridized carbons (Fsp3) is 0.0833. The van der Waals surface area contributed by atoms with Crippen LogP contribution in [-0.2, 0) is 0 Å². The highest BCUT2D eigenvalue weighted by molar-refractivity contribution is 5.37. The lowest BCUT2D eigenvalue weighted by Crippen LogP contribution is -1.93. The van der Waals surface area contributed by atoms with Gasteiger partial charge in [-0.25, -0.2) is 9.37 Å². The van der Waals surface area contributed by atoms with E-state index in [2.05, 4.69) is 27.0 Å². The molecule has 0 unspecified atom stereocenters. The predicted octanol–water partition coefficient (Wildman–Crippen LogP) is 1.72. The van der Waals surface area contributed by atoms with Crippen molar-refractivity contribution >= 4 is 0 Å². The van der Waals surface area contributed by atoms with Crippen LogP contribution >= 0.6 is 0 Å². The van der Waals surface area contributed by atoms with E-state index in [1.807, 2.05) is 6.92 Å². The first-order valence-electron chi connectivity index (χ1n) is 4.68. The summed E-state index contributed by atoms with van der Waals surface area (Å²) in [5, 5.41) is 7.47. The summed E-state index contributed by atoms with van der Waals surface area (Å²) >= 11 is 0. The topological polar surface area (TPSA) is 38.7 Å². The van der Waals surface area contributed by atoms with E-state index in [4.69, 9.17) is 0 Å². The molecule has 0 fully saturated rings. The number of aryl methyl sites for hydroxylation is 1. The zero-order chi connectivity index (χ0) is 11.4. The van der Waals surface area contributed by atoms with Crippen LogP contribution in [0.15, 0.2) is 30.5 Å². The monoisotopic (exact) mass is 213 g/mol. The second kappa shape index (κ2) is 4.49. The van der Waals surface area contributed by atoms with Crippen molar-refractivity contribution in [2.24, 2.45) is 0 Å². The SMILES string of the molecule is Cc1cnnc(C#Cc2cccc(F)c2)n1. The first-order valence-corrected chi connectivity index (χ1v) is 4.68. The summed E-state index contributed by atoms with van der Waals surface area (Å²) in [5.74, 6) is 5.53. The molecule has 2 rings (SSSR count). The van der Waals surface area contributed by atoms with E-state index in [1.54, 1.807) is 18.3 Å². The van der Waals surface area contributed by atoms with Gasteiger partial charge in [0.05, 0.1) is 11.9 Å². The second-order valence-corrected chi connectivity index (χ2v) is 3.18. The Labute approximate surface area is 92.4 Å². The number of hydrogen-bond acceptors (Lipinski definition) is 3. The van der Waals surface area contributed by atoms with Gasteiger partial charge in [0.25, 0.3) is 0 Å². The molecular formula is C12H8FN3. The van der Waals surface area contributed by atoms with Gasteiger partial charge in [-0.15, -0.1) is 5.10 Å². The Morgan fingerprint density at radius 3 is 2.88 bits per heavy atom. The van der Waals surface area contributed by atoms with Crippen molar-refractivity contribution in [3.63, 3.8) is 0 Å². The van der Waals surface area contributed by atoms with E-state index in [0.717, 1.165) is 5.69 Å². The van der Waals surface area contributed by atoms with Gasteiger partial charge >= 0.3 is 0 Å². The molecule has 1 aromatic carbocycles. The Hall–Kier alpha value is -2.28. The number of halogens is 1. The molecule has 0 spiro atoms. The van der Waals surface area contributed by atoms with Crippen LogP contribution < -0.4 is 0 Å². The molecule has 0 aliphatic rings. The molecule has 3 nitrogen and oxygen atoms in total. The van der Waals surface area contributed by atoms with Crippen LogP contribution in [0.2, 0.25) is 0 Å². The molecule has 16 heavy (non-hydrogen) atoms. The Bertz CT molecular complexity index is 520. The van der Waals surface area contributed by atoms with Crippen LogP contribution in [0.5, 0.6) is 0 Å². The van der Waals surface area contributed by atoms with Gasteiger partial charge in [-0.1, -0.05) is 12.0 Å². The van der Waals surface area contributed by atoms with Crippen LogP contribution in [0.4, 0.5) is 4.39 Å². The Balaban J connectivity index is 2.28. The van der Waals surface area contributed by atoms with Crippen LogP contribution in [0.1, 0.15) is 17.1 Å². The van der Waals surface area contributed by atoms with E-state index < -0.39 is 0 Å². The summed E-state index contributed by atoms with van der Waals surface area (Å²) < 4.78 is 12.8. The maximum absolute atomic E-state index is 12.8. The molecule has 0 saturated carbocycles. The van der Waals surface area contributed by atoms with E-state index in [-0.39, 0.29) is 5.82 Å². The second-order valence-electron chi connectivity index (χ2n) is 3.18. The van der Waals surface area contributed by atoms with E-state index in [0.29, 0.717) is 11.4 Å². The van der Waals surface area contributed by atoms with E-state index in [9.17, 15) is 4.39 Å². The largest absolute Gasteiger partial charge is 0.226 e. The normalized spacial score (nSPS) is 9.38. The maximum atomic E-state index is 12.8. The van der Waals surface area contributed by atoms with E-state index >= 15 is 0 Å². The molecule has 4 heteroatoms. The van der Waals surface area contributed by atoms with Gasteiger partial charge in [-0.05, 0) is 31.0 Å². The molecular weight excluding hydrogens is 205 g/mol. The molecule has 0 radical (unpaired) electrons. The predicted molar refractivity (Wildman–Crippen MR) is 56.9 cm³/mol. The van der Waals surface area contributed by atoms with Gasteiger partial charge < -0.3 is 0 Å². The van der Waals surface area contributed by atoms with Crippen molar-refractivity contribution in [1.82, 2.24) is 15.2 Å². The molecule has 2 aromatic rings. The van der Waals surface area contributed by atoms with Gasteiger partial charge in [0.15, 0.2) is 0 Å². The molecule has 0 aliphatic heterocycles. The average Bonchev–Trinajstić information content (AvgIpc) is 2.27. The highest BCUT2D eigenvalue weighted by Gasteiger charge is 1.93. The Morgan fingerprint density at radius 1 is 1.25 bits per heavy atom. The Morgan fingerprint density at radius 2 is 2.12 bits per heavy atom. The molecule has 0 aliphatic carbocycles. The van der Waals surface area contributed by atoms with Crippen molar-refractivity contribution in [3.05, 3.63) is 53.4 Å². The molecule has 78 valence electrons. The van der Waals surface area contributed by atoms with Gasteiger partial charge in [-0.2, -0.15) is 5.10 Å². The number of aromatic nitrogens is 3. The molecule has 0 saturated heterocycles. The fourth-order valence-corrected chi connectivity index (χ4v) is 1.13. The van der Waals surface area contributed by atoms with Crippen molar-refractivity contribution in [3.8, 4) is 11.8 Å². The van der Waals surface area contributed by atoms with E-state index in [1.165, 1.54) is 12.1 Å². The van der Waals surface area contributed by atoms with Crippen molar-refractivity contribution in [2.45, 2.75) is 6.92 Å². The van der Waals surface area contributed by atoms with Gasteiger partial charge in [-0.3, -0.25) is 0 Å². The zero-order valence-electron chi connectivity index (χ0n) is 8.61. The molecule has 0 amide bonds. The fourth-order valence-electron chi connectivity index (χ4n) is 1.13. The van der Waals surface area contributed by atoms with Crippen molar-refractivity contribution < 1.29 is 4.39 Å². The molecule has 0 atom stereocenters.